The van der Waals surface area contributed by atoms with Crippen molar-refractivity contribution in [3.05, 3.63) is 18.2 Å². The Labute approximate surface area is 166 Å². The Kier molecular flexibility index (Phi) is 9.18. The van der Waals surface area contributed by atoms with Gasteiger partial charge in [0.05, 0.1) is 25.1 Å². The highest BCUT2D eigenvalue weighted by molar-refractivity contribution is 5.94. The predicted molar refractivity (Wildman–Crippen MR) is 98.1 cm³/mol. The highest BCUT2D eigenvalue weighted by atomic mass is 16.4. The molecule has 0 bridgehead atoms. The fourth-order valence-electron chi connectivity index (χ4n) is 2.24. The largest absolute Gasteiger partial charge is 0.480 e. The molecule has 0 aliphatic rings. The maximum absolute atomic E-state index is 12.6. The molecule has 1 aromatic rings. The highest BCUT2D eigenvalue weighted by Crippen LogP contribution is 2.02. The van der Waals surface area contributed by atoms with Gasteiger partial charge in [-0.3, -0.25) is 14.4 Å². The maximum Gasteiger partial charge on any atom is 0.328 e. The molecule has 3 amide bonds. The van der Waals surface area contributed by atoms with Crippen molar-refractivity contribution in [3.8, 4) is 0 Å². The van der Waals surface area contributed by atoms with E-state index in [1.165, 1.54) is 26.4 Å². The number of rotatable bonds is 11. The fraction of sp³-hybridized carbons (Fsp3) is 0.562. The number of aromatic amines is 1. The lowest BCUT2D eigenvalue weighted by atomic mass is 10.1. The van der Waals surface area contributed by atoms with Crippen molar-refractivity contribution < 1.29 is 34.5 Å². The number of nitrogens with one attached hydrogen (secondary N) is 4. The van der Waals surface area contributed by atoms with Crippen LogP contribution in [0.2, 0.25) is 0 Å². The Bertz CT molecular complexity index is 707. The molecular formula is C16H26N6O7. The SMILES string of the molecule is CC(N)C(=O)NC(CO)C(=O)NC(Cc1cnc[nH]1)C(=O)NC(C(=O)O)C(C)O. The number of carboxylic acid groups (broad SMARTS) is 1. The third-order valence-corrected chi connectivity index (χ3v) is 3.89. The van der Waals surface area contributed by atoms with Crippen LogP contribution in [0.25, 0.3) is 0 Å². The molecule has 1 heterocycles. The van der Waals surface area contributed by atoms with Gasteiger partial charge in [-0.25, -0.2) is 9.78 Å². The van der Waals surface area contributed by atoms with E-state index in [4.69, 9.17) is 10.8 Å². The molecule has 0 radical (unpaired) electrons. The lowest BCUT2D eigenvalue weighted by Crippen LogP contribution is -2.59. The summed E-state index contributed by atoms with van der Waals surface area (Å²) in [5.41, 5.74) is 5.86. The zero-order valence-electron chi connectivity index (χ0n) is 16.0. The first-order valence-corrected chi connectivity index (χ1v) is 8.72. The van der Waals surface area contributed by atoms with Gasteiger partial charge in [0.25, 0.3) is 0 Å². The number of aliphatic hydroxyl groups is 2. The van der Waals surface area contributed by atoms with Gasteiger partial charge in [-0.15, -0.1) is 0 Å². The van der Waals surface area contributed by atoms with Crippen LogP contribution >= 0.6 is 0 Å². The number of nitrogens with zero attached hydrogens (tertiary/aromatic N) is 1. The minimum absolute atomic E-state index is 0.0941. The normalized spacial score (nSPS) is 16.0. The van der Waals surface area contributed by atoms with Crippen LogP contribution < -0.4 is 21.7 Å². The molecule has 29 heavy (non-hydrogen) atoms. The molecule has 9 N–H and O–H groups in total. The second-order valence-corrected chi connectivity index (χ2v) is 6.44. The number of amides is 3. The van der Waals surface area contributed by atoms with Crippen molar-refractivity contribution in [1.29, 1.82) is 0 Å². The van der Waals surface area contributed by atoms with Gasteiger partial charge in [-0.05, 0) is 13.8 Å². The van der Waals surface area contributed by atoms with Gasteiger partial charge in [-0.2, -0.15) is 0 Å². The minimum atomic E-state index is -1.60. The van der Waals surface area contributed by atoms with E-state index in [2.05, 4.69) is 25.9 Å². The molecule has 0 aliphatic carbocycles. The van der Waals surface area contributed by atoms with Gasteiger partial charge in [0.2, 0.25) is 17.7 Å². The van der Waals surface area contributed by atoms with Gasteiger partial charge < -0.3 is 42.0 Å². The quantitative estimate of drug-likeness (QED) is 0.178. The average molecular weight is 414 g/mol. The molecule has 1 rings (SSSR count). The van der Waals surface area contributed by atoms with Crippen LogP contribution in [-0.4, -0.2) is 85.9 Å². The fourth-order valence-corrected chi connectivity index (χ4v) is 2.24. The Morgan fingerprint density at radius 2 is 1.69 bits per heavy atom. The number of imidazole rings is 1. The highest BCUT2D eigenvalue weighted by Gasteiger charge is 2.31. The van der Waals surface area contributed by atoms with Gasteiger partial charge in [0, 0.05) is 18.3 Å². The average Bonchev–Trinajstić information content (AvgIpc) is 3.15. The van der Waals surface area contributed by atoms with E-state index in [0.717, 1.165) is 0 Å². The molecule has 0 saturated heterocycles. The van der Waals surface area contributed by atoms with Crippen molar-refractivity contribution in [3.63, 3.8) is 0 Å². The van der Waals surface area contributed by atoms with Crippen LogP contribution in [0.1, 0.15) is 19.5 Å². The van der Waals surface area contributed by atoms with Crippen molar-refractivity contribution in [1.82, 2.24) is 25.9 Å². The van der Waals surface area contributed by atoms with E-state index < -0.39 is 60.6 Å². The molecule has 0 aliphatic heterocycles. The Hall–Kier alpha value is -3.03. The molecule has 0 fully saturated rings. The molecule has 0 saturated carbocycles. The number of hydrogen-bond donors (Lipinski definition) is 8. The third kappa shape index (κ3) is 7.48. The molecule has 13 heteroatoms. The zero-order valence-corrected chi connectivity index (χ0v) is 16.0. The van der Waals surface area contributed by atoms with Gasteiger partial charge in [0.15, 0.2) is 6.04 Å². The van der Waals surface area contributed by atoms with Crippen molar-refractivity contribution in [2.24, 2.45) is 5.73 Å². The predicted octanol–water partition coefficient (Wildman–Crippen LogP) is -3.79. The van der Waals surface area contributed by atoms with Crippen LogP contribution in [0.4, 0.5) is 0 Å². The second kappa shape index (κ2) is 11.1. The minimum Gasteiger partial charge on any atom is -0.480 e. The van der Waals surface area contributed by atoms with E-state index in [0.29, 0.717) is 5.69 Å². The van der Waals surface area contributed by atoms with Gasteiger partial charge in [-0.1, -0.05) is 0 Å². The number of aliphatic hydroxyl groups excluding tert-OH is 2. The second-order valence-electron chi connectivity index (χ2n) is 6.44. The van der Waals surface area contributed by atoms with E-state index in [1.807, 2.05) is 0 Å². The molecular weight excluding hydrogens is 388 g/mol. The van der Waals surface area contributed by atoms with Crippen LogP contribution in [0.15, 0.2) is 12.5 Å². The van der Waals surface area contributed by atoms with E-state index in [9.17, 15) is 29.4 Å². The van der Waals surface area contributed by atoms with Crippen LogP contribution in [0, 0.1) is 0 Å². The summed E-state index contributed by atoms with van der Waals surface area (Å²) >= 11 is 0. The number of carbonyl (C=O) groups is 4. The Morgan fingerprint density at radius 3 is 2.14 bits per heavy atom. The molecule has 5 unspecified atom stereocenters. The summed E-state index contributed by atoms with van der Waals surface area (Å²) < 4.78 is 0. The van der Waals surface area contributed by atoms with E-state index in [1.54, 1.807) is 0 Å². The summed E-state index contributed by atoms with van der Waals surface area (Å²) in [6.07, 6.45) is 1.26. The summed E-state index contributed by atoms with van der Waals surface area (Å²) in [5, 5.41) is 34.8. The topological polar surface area (TPSA) is 220 Å². The maximum atomic E-state index is 12.6. The first kappa shape index (κ1) is 24.0. The van der Waals surface area contributed by atoms with Crippen LogP contribution in [0.3, 0.4) is 0 Å². The Balaban J connectivity index is 2.96. The summed E-state index contributed by atoms with van der Waals surface area (Å²) in [7, 11) is 0. The number of aromatic nitrogens is 2. The number of H-pyrrole nitrogens is 1. The van der Waals surface area contributed by atoms with Crippen molar-refractivity contribution >= 4 is 23.7 Å². The van der Waals surface area contributed by atoms with E-state index in [-0.39, 0.29) is 6.42 Å². The summed E-state index contributed by atoms with van der Waals surface area (Å²) in [6, 6.07) is -5.19. The smallest absolute Gasteiger partial charge is 0.328 e. The monoisotopic (exact) mass is 414 g/mol. The zero-order chi connectivity index (χ0) is 22.1. The van der Waals surface area contributed by atoms with Crippen LogP contribution in [-0.2, 0) is 25.6 Å². The molecule has 5 atom stereocenters. The number of carbonyl (C=O) groups excluding carboxylic acids is 3. The molecule has 162 valence electrons. The number of carboxylic acids is 1. The lowest BCUT2D eigenvalue weighted by molar-refractivity contribution is -0.145. The van der Waals surface area contributed by atoms with Crippen molar-refractivity contribution in [2.75, 3.05) is 6.61 Å². The first-order chi connectivity index (χ1) is 13.6. The van der Waals surface area contributed by atoms with Crippen LogP contribution in [0.5, 0.6) is 0 Å². The molecule has 0 aromatic carbocycles. The Morgan fingerprint density at radius 1 is 1.10 bits per heavy atom. The number of nitrogens with two attached hydrogens (primary N) is 1. The van der Waals surface area contributed by atoms with Crippen molar-refractivity contribution in [2.45, 2.75) is 50.5 Å². The van der Waals surface area contributed by atoms with E-state index >= 15 is 0 Å². The standard InChI is InChI=1S/C16H26N6O7/c1-7(17)13(25)21-11(5-23)15(27)20-10(3-9-4-18-6-19-9)14(26)22-12(8(2)24)16(28)29/h4,6-8,10-12,23-24H,3,5,17H2,1-2H3,(H,18,19)(H,20,27)(H,21,25)(H,22,26)(H,28,29). The third-order valence-electron chi connectivity index (χ3n) is 3.89. The number of aliphatic carboxylic acids is 1. The first-order valence-electron chi connectivity index (χ1n) is 8.72. The van der Waals surface area contributed by atoms with Gasteiger partial charge in [0.1, 0.15) is 12.1 Å². The number of hydrogen-bond acceptors (Lipinski definition) is 8. The molecule has 0 spiro atoms. The van der Waals surface area contributed by atoms with Gasteiger partial charge >= 0.3 is 5.97 Å². The molecule has 1 aromatic heterocycles. The molecule has 13 nitrogen and oxygen atoms in total. The summed E-state index contributed by atoms with van der Waals surface area (Å²) in [6.45, 7) is 1.82. The lowest BCUT2D eigenvalue weighted by Gasteiger charge is -2.24. The summed E-state index contributed by atoms with van der Waals surface area (Å²) in [5.74, 6) is -3.92. The summed E-state index contributed by atoms with van der Waals surface area (Å²) in [4.78, 5) is 54.4.